The fourth-order valence-corrected chi connectivity index (χ4v) is 6.64. The van der Waals surface area contributed by atoms with Crippen molar-refractivity contribution in [1.29, 1.82) is 0 Å². The number of nitrogens with two attached hydrogens (primary N) is 2. The first-order valence-corrected chi connectivity index (χ1v) is 16.3. The number of rotatable bonds is 7. The van der Waals surface area contributed by atoms with Gasteiger partial charge in [-0.3, -0.25) is 4.79 Å². The summed E-state index contributed by atoms with van der Waals surface area (Å²) in [5, 5.41) is 14.7. The van der Waals surface area contributed by atoms with E-state index in [0.717, 1.165) is 25.9 Å². The van der Waals surface area contributed by atoms with E-state index in [2.05, 4.69) is 39.0 Å². The molecule has 11 nitrogen and oxygen atoms in total. The second kappa shape index (κ2) is 14.6. The first-order valence-electron chi connectivity index (χ1n) is 16.3. The quantitative estimate of drug-likeness (QED) is 0.167. The number of aromatic nitrogens is 2. The molecule has 0 saturated carbocycles. The van der Waals surface area contributed by atoms with Crippen LogP contribution in [-0.2, 0) is 11.2 Å². The van der Waals surface area contributed by atoms with Gasteiger partial charge in [0.1, 0.15) is 23.4 Å². The largest absolute Gasteiger partial charge is 0.495 e. The van der Waals surface area contributed by atoms with Crippen LogP contribution in [0.1, 0.15) is 45.5 Å². The van der Waals surface area contributed by atoms with Crippen molar-refractivity contribution in [2.45, 2.75) is 25.3 Å². The van der Waals surface area contributed by atoms with Crippen molar-refractivity contribution in [2.75, 3.05) is 50.2 Å². The van der Waals surface area contributed by atoms with Gasteiger partial charge in [-0.15, -0.1) is 0 Å². The van der Waals surface area contributed by atoms with Crippen LogP contribution in [0.15, 0.2) is 72.9 Å². The number of hydrogen-bond donors (Lipinski definition) is 4. The van der Waals surface area contributed by atoms with Crippen molar-refractivity contribution in [3.8, 4) is 35.2 Å². The first-order chi connectivity index (χ1) is 24.3. The summed E-state index contributed by atoms with van der Waals surface area (Å²) in [7, 11) is 3.06. The minimum absolute atomic E-state index is 0.0264. The van der Waals surface area contributed by atoms with Gasteiger partial charge in [-0.1, -0.05) is 60.1 Å². The molecule has 0 aliphatic carbocycles. The van der Waals surface area contributed by atoms with E-state index in [1.165, 1.54) is 13.3 Å². The summed E-state index contributed by atoms with van der Waals surface area (Å²) in [5.41, 5.74) is 12.6. The number of carboxylic acid groups (broad SMARTS) is 1. The molecule has 2 aliphatic rings. The summed E-state index contributed by atoms with van der Waals surface area (Å²) in [6.45, 7) is 2.11. The fraction of sp³-hybridized carbons (Fsp3) is 0.282. The zero-order valence-corrected chi connectivity index (χ0v) is 27.9. The summed E-state index contributed by atoms with van der Waals surface area (Å²) in [6, 6.07) is 18.6. The molecule has 50 heavy (non-hydrogen) atoms. The maximum atomic E-state index is 15.2. The van der Waals surface area contributed by atoms with Gasteiger partial charge < -0.3 is 36.3 Å². The Morgan fingerprint density at radius 1 is 0.960 bits per heavy atom. The fourth-order valence-electron chi connectivity index (χ4n) is 6.64. The Morgan fingerprint density at radius 3 is 2.26 bits per heavy atom. The SMILES string of the molecule is COc1ccccc1C#CC1N(CC2CCNCC2)c2cccc(Cc3cnc(N)nc3N)c2C(=O)C1(C#Cc1ccccc1OC)C(=O)O. The third-order valence-electron chi connectivity index (χ3n) is 9.25. The third kappa shape index (κ3) is 6.51. The van der Waals surface area contributed by atoms with Gasteiger partial charge in [0.05, 0.1) is 25.3 Å². The minimum atomic E-state index is -2.31. The number of aliphatic carboxylic acids is 1. The van der Waals surface area contributed by atoms with Crippen molar-refractivity contribution in [3.63, 3.8) is 0 Å². The lowest BCUT2D eigenvalue weighted by Crippen LogP contribution is -2.60. The first kappa shape index (κ1) is 33.8. The van der Waals surface area contributed by atoms with Crippen molar-refractivity contribution in [1.82, 2.24) is 15.3 Å². The van der Waals surface area contributed by atoms with E-state index in [-0.39, 0.29) is 29.7 Å². The molecular weight excluding hydrogens is 632 g/mol. The number of hydrogen-bond acceptors (Lipinski definition) is 10. The van der Waals surface area contributed by atoms with Gasteiger partial charge in [0.2, 0.25) is 11.4 Å². The van der Waals surface area contributed by atoms with E-state index in [0.29, 0.717) is 46.0 Å². The second-order valence-electron chi connectivity index (χ2n) is 12.2. The molecule has 6 N–H and O–H groups in total. The lowest BCUT2D eigenvalue weighted by molar-refractivity contribution is -0.143. The molecule has 0 amide bonds. The smallest absolute Gasteiger partial charge is 0.333 e. The van der Waals surface area contributed by atoms with Crippen molar-refractivity contribution < 1.29 is 24.2 Å². The molecular formula is C39H38N6O5. The Hall–Kier alpha value is -6.04. The zero-order valence-electron chi connectivity index (χ0n) is 27.9. The number of ether oxygens (including phenoxy) is 2. The highest BCUT2D eigenvalue weighted by Crippen LogP contribution is 2.44. The number of methoxy groups -OCH3 is 2. The molecule has 2 aliphatic heterocycles. The van der Waals surface area contributed by atoms with E-state index in [4.69, 9.17) is 20.9 Å². The molecule has 11 heteroatoms. The topological polar surface area (TPSA) is 166 Å². The molecule has 0 spiro atoms. The third-order valence-corrected chi connectivity index (χ3v) is 9.25. The highest BCUT2D eigenvalue weighted by molar-refractivity contribution is 6.21. The van der Waals surface area contributed by atoms with E-state index in [1.807, 2.05) is 29.2 Å². The van der Waals surface area contributed by atoms with Gasteiger partial charge in [-0.2, -0.15) is 4.98 Å². The van der Waals surface area contributed by atoms with Gasteiger partial charge in [-0.05, 0) is 67.7 Å². The standard InChI is InChI=1S/C39H38N6O5/c1-49-31-12-5-3-8-26(31)14-15-33-39(37(47)48,19-16-27-9-4-6-13-32(27)50-2)35(46)34-28(22-29-23-43-38(41)44-36(29)40)10-7-11-30(34)45(33)24-25-17-20-42-21-18-25/h3-13,23,25,33,42H,17-18,20-22,24H2,1-2H3,(H,47,48)(H4,40,41,43,44). The summed E-state index contributed by atoms with van der Waals surface area (Å²) in [6.07, 6.45) is 3.43. The van der Waals surface area contributed by atoms with Crippen LogP contribution in [0.5, 0.6) is 11.5 Å². The number of carbonyl (C=O) groups is 2. The van der Waals surface area contributed by atoms with E-state index < -0.39 is 23.2 Å². The molecule has 2 atom stereocenters. The van der Waals surface area contributed by atoms with Gasteiger partial charge in [0.15, 0.2) is 5.78 Å². The number of benzene rings is 3. The van der Waals surface area contributed by atoms with Crippen LogP contribution in [-0.4, -0.2) is 66.7 Å². The summed E-state index contributed by atoms with van der Waals surface area (Å²) in [4.78, 5) is 39.2. The summed E-state index contributed by atoms with van der Waals surface area (Å²) < 4.78 is 11.1. The second-order valence-corrected chi connectivity index (χ2v) is 12.2. The Kier molecular flexibility index (Phi) is 9.89. The Bertz CT molecular complexity index is 2060. The van der Waals surface area contributed by atoms with Crippen LogP contribution in [0.2, 0.25) is 0 Å². The molecule has 4 aromatic rings. The molecule has 6 rings (SSSR count). The van der Waals surface area contributed by atoms with Crippen molar-refractivity contribution in [3.05, 3.63) is 101 Å². The molecule has 2 unspecified atom stereocenters. The number of para-hydroxylation sites is 2. The van der Waals surface area contributed by atoms with Crippen LogP contribution in [0.4, 0.5) is 17.5 Å². The number of piperidine rings is 1. The van der Waals surface area contributed by atoms with E-state index in [9.17, 15) is 9.90 Å². The number of Topliss-reactive ketones (excluding diaryl/α,β-unsaturated/α-hetero) is 1. The van der Waals surface area contributed by atoms with Crippen LogP contribution in [0.25, 0.3) is 0 Å². The number of carbonyl (C=O) groups excluding carboxylic acids is 1. The monoisotopic (exact) mass is 670 g/mol. The number of nitrogen functional groups attached to an aromatic ring is 2. The Balaban J connectivity index is 1.62. The van der Waals surface area contributed by atoms with Gasteiger partial charge in [0.25, 0.3) is 0 Å². The average Bonchev–Trinajstić information content (AvgIpc) is 3.13. The van der Waals surface area contributed by atoms with Crippen molar-refractivity contribution >= 4 is 29.2 Å². The number of nitrogens with one attached hydrogen (secondary N) is 1. The van der Waals surface area contributed by atoms with E-state index >= 15 is 4.79 Å². The molecule has 254 valence electrons. The van der Waals surface area contributed by atoms with Crippen LogP contribution < -0.4 is 31.2 Å². The maximum Gasteiger partial charge on any atom is 0.333 e. The number of ketones is 1. The molecule has 1 aromatic heterocycles. The van der Waals surface area contributed by atoms with E-state index in [1.54, 1.807) is 49.6 Å². The van der Waals surface area contributed by atoms with Crippen LogP contribution in [0, 0.1) is 35.0 Å². The average molecular weight is 671 g/mol. The number of carboxylic acids is 1. The lowest BCUT2D eigenvalue weighted by atomic mass is 9.69. The van der Waals surface area contributed by atoms with Gasteiger partial charge >= 0.3 is 5.97 Å². The zero-order chi connectivity index (χ0) is 35.3. The molecule has 0 radical (unpaired) electrons. The number of fused-ring (bicyclic) bond motifs is 1. The van der Waals surface area contributed by atoms with Gasteiger partial charge in [0, 0.05) is 36.0 Å². The predicted molar refractivity (Wildman–Crippen MR) is 191 cm³/mol. The molecule has 3 aromatic carbocycles. The van der Waals surface area contributed by atoms with Crippen LogP contribution >= 0.6 is 0 Å². The number of nitrogens with zero attached hydrogens (tertiary/aromatic N) is 3. The highest BCUT2D eigenvalue weighted by atomic mass is 16.5. The maximum absolute atomic E-state index is 15.2. The van der Waals surface area contributed by atoms with Crippen LogP contribution in [0.3, 0.4) is 0 Å². The Morgan fingerprint density at radius 2 is 1.62 bits per heavy atom. The van der Waals surface area contributed by atoms with Gasteiger partial charge in [-0.25, -0.2) is 9.78 Å². The molecule has 0 bridgehead atoms. The molecule has 1 fully saturated rings. The highest BCUT2D eigenvalue weighted by Gasteiger charge is 2.58. The predicted octanol–water partition coefficient (Wildman–Crippen LogP) is 3.79. The summed E-state index contributed by atoms with van der Waals surface area (Å²) >= 11 is 0. The normalized spacial score (nSPS) is 18.6. The molecule has 3 heterocycles. The molecule has 1 saturated heterocycles. The lowest BCUT2D eigenvalue weighted by Gasteiger charge is -2.45. The minimum Gasteiger partial charge on any atom is -0.495 e. The summed E-state index contributed by atoms with van der Waals surface area (Å²) in [5.74, 6) is 11.7. The Labute approximate surface area is 291 Å². The number of anilines is 3. The van der Waals surface area contributed by atoms with Crippen molar-refractivity contribution in [2.24, 2.45) is 11.3 Å².